The van der Waals surface area contributed by atoms with E-state index >= 15 is 0 Å². The Balaban J connectivity index is 3.20. The normalized spacial score (nSPS) is 10.7. The van der Waals surface area contributed by atoms with E-state index in [-0.39, 0.29) is 4.90 Å². The van der Waals surface area contributed by atoms with Gasteiger partial charge < -0.3 is 0 Å². The Kier molecular flexibility index (Phi) is 2.18. The minimum atomic E-state index is -3.62. The molecule has 0 saturated carbocycles. The maximum atomic E-state index is 10.7. The fourth-order valence-corrected chi connectivity index (χ4v) is 1.24. The standard InChI is InChI=1S/C8H6NO2S/c1-2-7-3-5-8(6-4-7)12(9,10)11/h3-6H,(H2,9,10,11). The summed E-state index contributed by atoms with van der Waals surface area (Å²) in [6.07, 6.45) is 6.74. The molecule has 0 atom stereocenters. The molecule has 1 radical (unpaired) electrons. The van der Waals surface area contributed by atoms with Gasteiger partial charge in [0.1, 0.15) is 0 Å². The monoisotopic (exact) mass is 180 g/mol. The summed E-state index contributed by atoms with van der Waals surface area (Å²) in [6, 6.07) is 5.61. The van der Waals surface area contributed by atoms with Gasteiger partial charge in [0.05, 0.1) is 4.90 Å². The molecule has 0 amide bonds. The minimum absolute atomic E-state index is 0.0431. The quantitative estimate of drug-likeness (QED) is 0.631. The van der Waals surface area contributed by atoms with Crippen LogP contribution in [0.15, 0.2) is 29.2 Å². The van der Waals surface area contributed by atoms with Crippen LogP contribution in [0.25, 0.3) is 0 Å². The topological polar surface area (TPSA) is 60.2 Å². The lowest BCUT2D eigenvalue weighted by Gasteiger charge is -1.96. The zero-order valence-corrected chi connectivity index (χ0v) is 6.93. The van der Waals surface area contributed by atoms with Gasteiger partial charge in [-0.25, -0.2) is 13.6 Å². The smallest absolute Gasteiger partial charge is 0.225 e. The molecule has 0 spiro atoms. The van der Waals surface area contributed by atoms with Gasteiger partial charge in [0.15, 0.2) is 0 Å². The van der Waals surface area contributed by atoms with Crippen molar-refractivity contribution in [1.29, 1.82) is 0 Å². The first kappa shape index (κ1) is 8.78. The molecule has 0 saturated heterocycles. The molecule has 0 aliphatic heterocycles. The number of hydrogen-bond donors (Lipinski definition) is 1. The van der Waals surface area contributed by atoms with Gasteiger partial charge in [0, 0.05) is 5.56 Å². The van der Waals surface area contributed by atoms with Crippen molar-refractivity contribution in [3.05, 3.63) is 36.3 Å². The van der Waals surface area contributed by atoms with Crippen molar-refractivity contribution in [1.82, 2.24) is 0 Å². The van der Waals surface area contributed by atoms with Crippen molar-refractivity contribution in [3.63, 3.8) is 0 Å². The van der Waals surface area contributed by atoms with Gasteiger partial charge in [-0.3, -0.25) is 0 Å². The van der Waals surface area contributed by atoms with Crippen LogP contribution < -0.4 is 5.14 Å². The molecule has 1 rings (SSSR count). The highest BCUT2D eigenvalue weighted by Crippen LogP contribution is 2.07. The summed E-state index contributed by atoms with van der Waals surface area (Å²) >= 11 is 0. The van der Waals surface area contributed by atoms with Crippen LogP contribution in [0, 0.1) is 12.3 Å². The second-order valence-electron chi connectivity index (χ2n) is 2.19. The maximum Gasteiger partial charge on any atom is 0.238 e. The Hall–Kier alpha value is -1.31. The molecule has 0 heterocycles. The maximum absolute atomic E-state index is 10.7. The van der Waals surface area contributed by atoms with Gasteiger partial charge in [0.25, 0.3) is 0 Å². The van der Waals surface area contributed by atoms with Crippen LogP contribution in [0.2, 0.25) is 0 Å². The highest BCUT2D eigenvalue weighted by atomic mass is 32.2. The van der Waals surface area contributed by atoms with Crippen LogP contribution in [-0.4, -0.2) is 8.42 Å². The first-order valence-electron chi connectivity index (χ1n) is 3.09. The van der Waals surface area contributed by atoms with Crippen LogP contribution in [0.5, 0.6) is 0 Å². The van der Waals surface area contributed by atoms with Gasteiger partial charge in [-0.05, 0) is 30.7 Å². The molecular weight excluding hydrogens is 174 g/mol. The van der Waals surface area contributed by atoms with E-state index in [1.807, 2.05) is 0 Å². The number of nitrogens with two attached hydrogens (primary N) is 1. The lowest BCUT2D eigenvalue weighted by molar-refractivity contribution is 0.598. The van der Waals surface area contributed by atoms with Gasteiger partial charge in [-0.15, -0.1) is 0 Å². The molecule has 0 aliphatic carbocycles. The highest BCUT2D eigenvalue weighted by molar-refractivity contribution is 7.89. The molecule has 0 aliphatic rings. The van der Waals surface area contributed by atoms with Crippen LogP contribution in [0.1, 0.15) is 5.56 Å². The number of sulfonamides is 1. The lowest BCUT2D eigenvalue weighted by Crippen LogP contribution is -2.11. The van der Waals surface area contributed by atoms with E-state index in [9.17, 15) is 8.42 Å². The minimum Gasteiger partial charge on any atom is -0.225 e. The van der Waals surface area contributed by atoms with Crippen molar-refractivity contribution in [2.45, 2.75) is 4.90 Å². The van der Waals surface area contributed by atoms with Crippen molar-refractivity contribution in [3.8, 4) is 5.92 Å². The molecule has 0 unspecified atom stereocenters. The second-order valence-corrected chi connectivity index (χ2v) is 3.76. The van der Waals surface area contributed by atoms with Crippen LogP contribution in [0.3, 0.4) is 0 Å². The van der Waals surface area contributed by atoms with Gasteiger partial charge in [-0.1, -0.05) is 5.92 Å². The molecule has 4 heteroatoms. The average Bonchev–Trinajstić information content (AvgIpc) is 2.03. The Labute approximate surface area is 71.3 Å². The Morgan fingerprint density at radius 1 is 1.25 bits per heavy atom. The third-order valence-electron chi connectivity index (χ3n) is 1.33. The first-order valence-corrected chi connectivity index (χ1v) is 4.64. The van der Waals surface area contributed by atoms with E-state index in [0.29, 0.717) is 5.56 Å². The van der Waals surface area contributed by atoms with Crippen molar-refractivity contribution < 1.29 is 8.42 Å². The molecule has 12 heavy (non-hydrogen) atoms. The third-order valence-corrected chi connectivity index (χ3v) is 2.26. The van der Waals surface area contributed by atoms with Crippen LogP contribution in [0.4, 0.5) is 0 Å². The second kappa shape index (κ2) is 2.97. The predicted molar refractivity (Wildman–Crippen MR) is 44.0 cm³/mol. The Morgan fingerprint density at radius 3 is 2.08 bits per heavy atom. The van der Waals surface area contributed by atoms with Crippen LogP contribution >= 0.6 is 0 Å². The average molecular weight is 180 g/mol. The van der Waals surface area contributed by atoms with Crippen molar-refractivity contribution in [2.24, 2.45) is 5.14 Å². The van der Waals surface area contributed by atoms with E-state index < -0.39 is 10.0 Å². The molecule has 3 nitrogen and oxygen atoms in total. The molecule has 0 fully saturated rings. The summed E-state index contributed by atoms with van der Waals surface area (Å²) in [7, 11) is -3.62. The molecule has 0 bridgehead atoms. The highest BCUT2D eigenvalue weighted by Gasteiger charge is 2.05. The number of hydrogen-bond acceptors (Lipinski definition) is 2. The van der Waals surface area contributed by atoms with E-state index in [1.54, 1.807) is 0 Å². The third kappa shape index (κ3) is 1.84. The molecule has 2 N–H and O–H groups in total. The van der Waals surface area contributed by atoms with E-state index in [2.05, 4.69) is 5.92 Å². The van der Waals surface area contributed by atoms with Crippen molar-refractivity contribution >= 4 is 10.0 Å². The SMILES string of the molecule is [C]#Cc1ccc(S(N)(=O)=O)cc1. The van der Waals surface area contributed by atoms with Crippen LogP contribution in [-0.2, 0) is 10.0 Å². The summed E-state index contributed by atoms with van der Waals surface area (Å²) in [5.74, 6) is 2.12. The van der Waals surface area contributed by atoms with Gasteiger partial charge >= 0.3 is 0 Å². The number of rotatable bonds is 1. The van der Waals surface area contributed by atoms with E-state index in [0.717, 1.165) is 0 Å². The molecule has 1 aromatic rings. The largest absolute Gasteiger partial charge is 0.238 e. The fraction of sp³-hybridized carbons (Fsp3) is 0. The summed E-state index contributed by atoms with van der Waals surface area (Å²) in [5.41, 5.74) is 0.516. The molecule has 1 aromatic carbocycles. The molecule has 0 aromatic heterocycles. The Morgan fingerprint density at radius 2 is 1.75 bits per heavy atom. The molecular formula is C8H6NO2S. The lowest BCUT2D eigenvalue weighted by atomic mass is 10.2. The zero-order chi connectivity index (χ0) is 9.19. The number of benzene rings is 1. The Bertz CT molecular complexity index is 411. The predicted octanol–water partition coefficient (Wildman–Crippen LogP) is 0.272. The van der Waals surface area contributed by atoms with Gasteiger partial charge in [-0.2, -0.15) is 0 Å². The number of primary sulfonamides is 1. The van der Waals surface area contributed by atoms with E-state index in [1.165, 1.54) is 24.3 Å². The van der Waals surface area contributed by atoms with Gasteiger partial charge in [0.2, 0.25) is 10.0 Å². The van der Waals surface area contributed by atoms with Crippen molar-refractivity contribution in [2.75, 3.05) is 0 Å². The summed E-state index contributed by atoms with van der Waals surface area (Å²) < 4.78 is 21.5. The summed E-state index contributed by atoms with van der Waals surface area (Å²) in [6.45, 7) is 0. The summed E-state index contributed by atoms with van der Waals surface area (Å²) in [4.78, 5) is 0.0431. The molecule has 61 valence electrons. The van der Waals surface area contributed by atoms with E-state index in [4.69, 9.17) is 11.6 Å². The fourth-order valence-electron chi connectivity index (χ4n) is 0.728. The zero-order valence-electron chi connectivity index (χ0n) is 6.11. The summed E-state index contributed by atoms with van der Waals surface area (Å²) in [5, 5.41) is 4.85. The first-order chi connectivity index (χ1) is 5.54.